The molecule has 0 saturated heterocycles. The Hall–Kier alpha value is -3.67. The summed E-state index contributed by atoms with van der Waals surface area (Å²) in [6, 6.07) is 17.2. The molecule has 0 unspecified atom stereocenters. The zero-order valence-electron chi connectivity index (χ0n) is 13.5. The van der Waals surface area contributed by atoms with Gasteiger partial charge in [-0.05, 0) is 48.5 Å². The highest BCUT2D eigenvalue weighted by Gasteiger charge is 2.14. The molecule has 0 atom stereocenters. The Balaban J connectivity index is 1.82. The lowest BCUT2D eigenvalue weighted by atomic mass is 10.2. The Kier molecular flexibility index (Phi) is 4.94. The van der Waals surface area contributed by atoms with E-state index in [1.54, 1.807) is 54.6 Å². The molecule has 1 amide bonds. The lowest BCUT2D eigenvalue weighted by Crippen LogP contribution is -2.27. The van der Waals surface area contributed by atoms with Crippen LogP contribution in [-0.4, -0.2) is 17.0 Å². The van der Waals surface area contributed by atoms with Crippen LogP contribution < -0.4 is 5.32 Å². The Morgan fingerprint density at radius 1 is 0.962 bits per heavy atom. The zero-order valence-corrected chi connectivity index (χ0v) is 13.5. The van der Waals surface area contributed by atoms with Gasteiger partial charge in [-0.2, -0.15) is 0 Å². The van der Waals surface area contributed by atoms with Crippen LogP contribution in [0.3, 0.4) is 0 Å². The molecule has 3 rings (SSSR count). The highest BCUT2D eigenvalue weighted by Crippen LogP contribution is 2.23. The van der Waals surface area contributed by atoms with E-state index in [9.17, 15) is 19.1 Å². The number of nitrogens with one attached hydrogen (secondary N) is 1. The number of halogens is 1. The summed E-state index contributed by atoms with van der Waals surface area (Å²) < 4.78 is 18.5. The molecule has 0 saturated carbocycles. The van der Waals surface area contributed by atoms with Crippen LogP contribution in [0.2, 0.25) is 0 Å². The fourth-order valence-electron chi connectivity index (χ4n) is 2.28. The molecule has 0 bridgehead atoms. The van der Waals surface area contributed by atoms with Gasteiger partial charge >= 0.3 is 5.97 Å². The summed E-state index contributed by atoms with van der Waals surface area (Å²) in [4.78, 5) is 23.5. The highest BCUT2D eigenvalue weighted by atomic mass is 19.1. The summed E-state index contributed by atoms with van der Waals surface area (Å²) in [5.41, 5.74) is 0.668. The molecule has 130 valence electrons. The molecule has 0 aliphatic rings. The number of amides is 1. The topological polar surface area (TPSA) is 79.5 Å². The number of carboxylic acid groups (broad SMARTS) is 1. The quantitative estimate of drug-likeness (QED) is 0.683. The van der Waals surface area contributed by atoms with Crippen molar-refractivity contribution >= 4 is 18.0 Å². The van der Waals surface area contributed by atoms with Crippen LogP contribution in [0.5, 0.6) is 0 Å². The van der Waals surface area contributed by atoms with Crippen molar-refractivity contribution < 1.29 is 23.5 Å². The molecule has 2 aromatic carbocycles. The molecule has 1 heterocycles. The fourth-order valence-corrected chi connectivity index (χ4v) is 2.28. The molecule has 3 aromatic rings. The molecule has 0 aliphatic carbocycles. The van der Waals surface area contributed by atoms with Gasteiger partial charge in [-0.3, -0.25) is 4.79 Å². The van der Waals surface area contributed by atoms with Crippen molar-refractivity contribution in [1.82, 2.24) is 5.32 Å². The number of aliphatic carboxylic acids is 1. The number of carbonyl (C=O) groups is 2. The fraction of sp³-hybridized carbons (Fsp3) is 0. The number of rotatable bonds is 5. The number of benzene rings is 2. The minimum atomic E-state index is -1.30. The predicted octanol–water partition coefficient (Wildman–Crippen LogP) is 3.94. The van der Waals surface area contributed by atoms with Crippen molar-refractivity contribution in [1.29, 1.82) is 0 Å². The van der Waals surface area contributed by atoms with Crippen molar-refractivity contribution in [3.8, 4) is 11.3 Å². The van der Waals surface area contributed by atoms with Crippen molar-refractivity contribution in [2.24, 2.45) is 0 Å². The van der Waals surface area contributed by atoms with Crippen LogP contribution in [0.15, 0.2) is 76.8 Å². The molecule has 26 heavy (non-hydrogen) atoms. The van der Waals surface area contributed by atoms with E-state index in [0.717, 1.165) is 0 Å². The van der Waals surface area contributed by atoms with Gasteiger partial charge in [-0.15, -0.1) is 0 Å². The van der Waals surface area contributed by atoms with E-state index in [2.05, 4.69) is 5.32 Å². The van der Waals surface area contributed by atoms with Crippen molar-refractivity contribution in [2.75, 3.05) is 0 Å². The van der Waals surface area contributed by atoms with E-state index in [4.69, 9.17) is 4.42 Å². The second-order valence-electron chi connectivity index (χ2n) is 5.39. The van der Waals surface area contributed by atoms with E-state index in [1.807, 2.05) is 0 Å². The first-order valence-electron chi connectivity index (χ1n) is 7.70. The van der Waals surface area contributed by atoms with Crippen molar-refractivity contribution in [2.45, 2.75) is 0 Å². The first kappa shape index (κ1) is 17.2. The maximum absolute atomic E-state index is 13.0. The van der Waals surface area contributed by atoms with Gasteiger partial charge in [0.2, 0.25) is 0 Å². The van der Waals surface area contributed by atoms with Crippen LogP contribution >= 0.6 is 0 Å². The first-order valence-corrected chi connectivity index (χ1v) is 7.70. The number of carbonyl (C=O) groups excluding carboxylic acids is 1. The lowest BCUT2D eigenvalue weighted by Gasteiger charge is -2.05. The summed E-state index contributed by atoms with van der Waals surface area (Å²) in [7, 11) is 0. The average molecular weight is 351 g/mol. The van der Waals surface area contributed by atoms with Crippen LogP contribution in [0.4, 0.5) is 4.39 Å². The van der Waals surface area contributed by atoms with Crippen LogP contribution in [-0.2, 0) is 4.79 Å². The molecule has 0 aliphatic heterocycles. The maximum atomic E-state index is 13.0. The van der Waals surface area contributed by atoms with Crippen molar-refractivity contribution in [3.05, 3.63) is 89.6 Å². The molecule has 1 aromatic heterocycles. The van der Waals surface area contributed by atoms with E-state index in [-0.39, 0.29) is 17.3 Å². The largest absolute Gasteiger partial charge is 0.477 e. The molecular formula is C20H14FNO4. The molecule has 0 fully saturated rings. The van der Waals surface area contributed by atoms with Gasteiger partial charge in [0.15, 0.2) is 0 Å². The van der Waals surface area contributed by atoms with Gasteiger partial charge in [-0.1, -0.05) is 18.2 Å². The normalized spacial score (nSPS) is 11.2. The highest BCUT2D eigenvalue weighted by molar-refractivity contribution is 6.02. The van der Waals surface area contributed by atoms with E-state index in [0.29, 0.717) is 16.9 Å². The Morgan fingerprint density at radius 3 is 2.31 bits per heavy atom. The number of hydrogen-bond donors (Lipinski definition) is 2. The smallest absolute Gasteiger partial charge is 0.352 e. The molecule has 6 heteroatoms. The minimum absolute atomic E-state index is 0.245. The van der Waals surface area contributed by atoms with Gasteiger partial charge in [-0.25, -0.2) is 9.18 Å². The molecule has 5 nitrogen and oxygen atoms in total. The Morgan fingerprint density at radius 2 is 1.65 bits per heavy atom. The van der Waals surface area contributed by atoms with Gasteiger partial charge in [0.25, 0.3) is 5.91 Å². The third-order valence-electron chi connectivity index (χ3n) is 3.56. The summed E-state index contributed by atoms with van der Waals surface area (Å²) in [6.07, 6.45) is 1.22. The standard InChI is InChI=1S/C20H14FNO4/c21-15-8-6-13(7-9-15)18-11-10-16(26-18)12-17(20(24)25)22-19(23)14-4-2-1-3-5-14/h1-12H,(H,22,23)(H,24,25)/b17-12-. The predicted molar refractivity (Wildman–Crippen MR) is 93.6 cm³/mol. The molecule has 2 N–H and O–H groups in total. The lowest BCUT2D eigenvalue weighted by molar-refractivity contribution is -0.132. The Bertz CT molecular complexity index is 959. The van der Waals surface area contributed by atoms with Gasteiger partial charge in [0.1, 0.15) is 23.0 Å². The third-order valence-corrected chi connectivity index (χ3v) is 3.56. The average Bonchev–Trinajstić information content (AvgIpc) is 3.11. The third kappa shape index (κ3) is 4.05. The molecule has 0 radical (unpaired) electrons. The maximum Gasteiger partial charge on any atom is 0.352 e. The second-order valence-corrected chi connectivity index (χ2v) is 5.39. The second kappa shape index (κ2) is 7.48. The summed E-state index contributed by atoms with van der Waals surface area (Å²) >= 11 is 0. The molecular weight excluding hydrogens is 337 g/mol. The number of furan rings is 1. The van der Waals surface area contributed by atoms with Crippen molar-refractivity contribution in [3.63, 3.8) is 0 Å². The van der Waals surface area contributed by atoms with Gasteiger partial charge < -0.3 is 14.8 Å². The molecule has 0 spiro atoms. The number of hydrogen-bond acceptors (Lipinski definition) is 3. The van der Waals surface area contributed by atoms with Gasteiger partial charge in [0, 0.05) is 17.2 Å². The van der Waals surface area contributed by atoms with Crippen LogP contribution in [0.1, 0.15) is 16.1 Å². The SMILES string of the molecule is O=C(O)/C(=C/c1ccc(-c2ccc(F)cc2)o1)NC(=O)c1ccccc1. The van der Waals surface area contributed by atoms with E-state index >= 15 is 0 Å². The zero-order chi connectivity index (χ0) is 18.5. The van der Waals surface area contributed by atoms with Gasteiger partial charge in [0.05, 0.1) is 0 Å². The summed E-state index contributed by atoms with van der Waals surface area (Å²) in [5.74, 6) is -1.50. The van der Waals surface area contributed by atoms with E-state index in [1.165, 1.54) is 18.2 Å². The first-order chi connectivity index (χ1) is 12.5. The minimum Gasteiger partial charge on any atom is -0.477 e. The summed E-state index contributed by atoms with van der Waals surface area (Å²) in [6.45, 7) is 0. The summed E-state index contributed by atoms with van der Waals surface area (Å²) in [5, 5.41) is 11.7. The Labute approximate surface area is 148 Å². The monoisotopic (exact) mass is 351 g/mol. The van der Waals surface area contributed by atoms with Crippen LogP contribution in [0.25, 0.3) is 17.4 Å². The number of carboxylic acids is 1. The van der Waals surface area contributed by atoms with Crippen LogP contribution in [0, 0.1) is 5.82 Å². The van der Waals surface area contributed by atoms with E-state index < -0.39 is 11.9 Å².